The summed E-state index contributed by atoms with van der Waals surface area (Å²) in [6, 6.07) is 19.2. The Morgan fingerprint density at radius 2 is 0.966 bits per heavy atom. The number of rotatable bonds is 10. The van der Waals surface area contributed by atoms with Crippen LogP contribution in [-0.4, -0.2) is 92.3 Å². The van der Waals surface area contributed by atoms with Crippen LogP contribution in [0.4, 0.5) is 9.59 Å². The molecule has 0 saturated carbocycles. The lowest BCUT2D eigenvalue weighted by molar-refractivity contribution is -0.136. The normalized spacial score (nSPS) is 18.0. The third-order valence-corrected chi connectivity index (χ3v) is 11.8. The quantitative estimate of drug-likeness (QED) is 0.155. The monoisotopic (exact) mass is 790 g/mol. The van der Waals surface area contributed by atoms with Gasteiger partial charge in [-0.25, -0.2) is 19.6 Å². The van der Waals surface area contributed by atoms with Gasteiger partial charge < -0.3 is 39.0 Å². The minimum atomic E-state index is -0.692. The average molecular weight is 791 g/mol. The molecule has 0 spiro atoms. The molecular weight excluding hydrogens is 737 g/mol. The van der Waals surface area contributed by atoms with Gasteiger partial charge >= 0.3 is 12.2 Å². The number of benzene rings is 3. The van der Waals surface area contributed by atoms with Crippen LogP contribution in [0.25, 0.3) is 44.3 Å². The van der Waals surface area contributed by atoms with Crippen molar-refractivity contribution in [3.63, 3.8) is 0 Å². The summed E-state index contributed by atoms with van der Waals surface area (Å²) >= 11 is 0. The highest BCUT2D eigenvalue weighted by Gasteiger charge is 2.39. The van der Waals surface area contributed by atoms with E-state index in [1.807, 2.05) is 63.7 Å². The van der Waals surface area contributed by atoms with Crippen molar-refractivity contribution in [2.45, 2.75) is 77.5 Å². The van der Waals surface area contributed by atoms with Crippen molar-refractivity contribution in [3.8, 4) is 22.3 Å². The maximum Gasteiger partial charge on any atom is 0.407 e. The van der Waals surface area contributed by atoms with Crippen LogP contribution in [0, 0.1) is 11.8 Å². The Morgan fingerprint density at radius 3 is 1.31 bits per heavy atom. The van der Waals surface area contributed by atoms with Crippen LogP contribution >= 0.6 is 0 Å². The second-order valence-electron chi connectivity index (χ2n) is 16.1. The summed E-state index contributed by atoms with van der Waals surface area (Å²) in [7, 11) is 6.59. The first kappa shape index (κ1) is 40.3. The van der Waals surface area contributed by atoms with Crippen molar-refractivity contribution in [1.82, 2.24) is 39.5 Å². The number of carbonyl (C=O) groups is 4. The van der Waals surface area contributed by atoms with Crippen molar-refractivity contribution in [1.29, 1.82) is 0 Å². The number of methoxy groups -OCH3 is 2. The minimum absolute atomic E-state index is 0.109. The van der Waals surface area contributed by atoms with Gasteiger partial charge in [0, 0.05) is 27.2 Å². The zero-order chi connectivity index (χ0) is 41.4. The van der Waals surface area contributed by atoms with Crippen LogP contribution in [0.1, 0.15) is 77.1 Å². The van der Waals surface area contributed by atoms with E-state index in [4.69, 9.17) is 19.4 Å². The number of alkyl carbamates (subject to hydrolysis) is 2. The summed E-state index contributed by atoms with van der Waals surface area (Å²) in [5, 5.41) is 5.45. The Labute approximate surface area is 338 Å². The van der Waals surface area contributed by atoms with Gasteiger partial charge in [-0.2, -0.15) is 0 Å². The Hall–Kier alpha value is -5.92. The second kappa shape index (κ2) is 16.5. The second-order valence-corrected chi connectivity index (χ2v) is 16.1. The van der Waals surface area contributed by atoms with Crippen molar-refractivity contribution in [2.24, 2.45) is 25.9 Å². The van der Waals surface area contributed by atoms with Crippen LogP contribution < -0.4 is 10.6 Å². The lowest BCUT2D eigenvalue weighted by Gasteiger charge is -2.30. The van der Waals surface area contributed by atoms with Gasteiger partial charge in [0.25, 0.3) is 0 Å². The number of nitrogens with zero attached hydrogens (tertiary/aromatic N) is 6. The number of aryl methyl sites for hydroxylation is 2. The summed E-state index contributed by atoms with van der Waals surface area (Å²) in [5.41, 5.74) is 7.91. The van der Waals surface area contributed by atoms with Crippen LogP contribution in [0.15, 0.2) is 60.7 Å². The molecular formula is C44H54N8O6. The SMILES string of the molecule is COC(=O)N[C@H](C(=O)N1CCC[C@H]1c1nc2ccc(-c3ccc(-c4ccc5nc([C@@H]6CCCN6C(=O)[C@@H](NC(=O)OC)C(C)C)n(C)c5c4)cc3)cc2n1C)C(C)C. The topological polar surface area (TPSA) is 153 Å². The number of carbonyl (C=O) groups excluding carboxylic acids is 4. The van der Waals surface area contributed by atoms with Gasteiger partial charge in [0.1, 0.15) is 23.7 Å². The third kappa shape index (κ3) is 7.59. The largest absolute Gasteiger partial charge is 0.453 e. The molecule has 4 heterocycles. The van der Waals surface area contributed by atoms with Gasteiger partial charge in [0.05, 0.1) is 48.4 Å². The fourth-order valence-corrected chi connectivity index (χ4v) is 8.58. The van der Waals surface area contributed by atoms with Crippen molar-refractivity contribution in [2.75, 3.05) is 27.3 Å². The lowest BCUT2D eigenvalue weighted by atomic mass is 10.00. The Balaban J connectivity index is 1.10. The molecule has 4 atom stereocenters. The Kier molecular flexibility index (Phi) is 11.5. The van der Waals surface area contributed by atoms with E-state index in [2.05, 4.69) is 68.3 Å². The Bertz CT molecular complexity index is 2180. The number of imidazole rings is 2. The van der Waals surface area contributed by atoms with Crippen LogP contribution in [0.2, 0.25) is 0 Å². The average Bonchev–Trinajstić information content (AvgIpc) is 4.04. The summed E-state index contributed by atoms with van der Waals surface area (Å²) in [6.45, 7) is 8.85. The molecule has 2 saturated heterocycles. The molecule has 0 bridgehead atoms. The number of aromatic nitrogens is 4. The van der Waals surface area contributed by atoms with Gasteiger partial charge in [-0.3, -0.25) is 9.59 Å². The molecule has 0 unspecified atom stereocenters. The summed E-state index contributed by atoms with van der Waals surface area (Å²) in [6.07, 6.45) is 2.05. The molecule has 7 rings (SSSR count). The van der Waals surface area contributed by atoms with Crippen molar-refractivity contribution >= 4 is 46.1 Å². The summed E-state index contributed by atoms with van der Waals surface area (Å²) in [4.78, 5) is 65.3. The lowest BCUT2D eigenvalue weighted by Crippen LogP contribution is -2.51. The molecule has 2 aliphatic rings. The van der Waals surface area contributed by atoms with E-state index in [9.17, 15) is 19.2 Å². The van der Waals surface area contributed by atoms with Gasteiger partial charge in [0.15, 0.2) is 0 Å². The van der Waals surface area contributed by atoms with E-state index in [0.29, 0.717) is 13.1 Å². The number of ether oxygens (including phenoxy) is 2. The number of hydrogen-bond donors (Lipinski definition) is 2. The van der Waals surface area contributed by atoms with Crippen LogP contribution in [0.3, 0.4) is 0 Å². The van der Waals surface area contributed by atoms with Crippen LogP contribution in [0.5, 0.6) is 0 Å². The molecule has 4 amide bonds. The molecule has 0 radical (unpaired) electrons. The number of amides is 4. The van der Waals surface area contributed by atoms with Gasteiger partial charge in [-0.15, -0.1) is 0 Å². The highest BCUT2D eigenvalue weighted by atomic mass is 16.5. The standard InChI is InChI=1S/C44H54N8O6/c1-25(2)37(47-43(55)57-7)41(53)51-21-9-11-33(51)39-45-31-19-17-29(23-35(31)49(39)5)27-13-15-28(16-14-27)30-18-20-32-36(24-30)50(6)40(46-32)34-12-10-22-52(34)42(54)38(26(3)4)48-44(56)58-8/h13-20,23-26,33-34,37-38H,9-12,21-22H2,1-8H3,(H,47,55)(H,48,56)/t33-,34-,37-,38-/m0/s1. The molecule has 3 aromatic carbocycles. The molecule has 14 heteroatoms. The number of hydrogen-bond acceptors (Lipinski definition) is 8. The van der Waals surface area contributed by atoms with E-state index >= 15 is 0 Å². The highest BCUT2D eigenvalue weighted by Crippen LogP contribution is 2.37. The molecule has 58 heavy (non-hydrogen) atoms. The number of fused-ring (bicyclic) bond motifs is 2. The van der Waals surface area contributed by atoms with Gasteiger partial charge in [-0.1, -0.05) is 64.1 Å². The van der Waals surface area contributed by atoms with E-state index < -0.39 is 24.3 Å². The molecule has 14 nitrogen and oxygen atoms in total. The Morgan fingerprint density at radius 1 is 0.603 bits per heavy atom. The molecule has 2 fully saturated rings. The van der Waals surface area contributed by atoms with Crippen molar-refractivity contribution in [3.05, 3.63) is 72.3 Å². The predicted octanol–water partition coefficient (Wildman–Crippen LogP) is 6.88. The molecule has 306 valence electrons. The van der Waals surface area contributed by atoms with E-state index in [1.165, 1.54) is 14.2 Å². The van der Waals surface area contributed by atoms with E-state index in [1.54, 1.807) is 0 Å². The van der Waals surface area contributed by atoms with E-state index in [-0.39, 0.29) is 35.7 Å². The fraction of sp³-hybridized carbons (Fsp3) is 0.455. The fourth-order valence-electron chi connectivity index (χ4n) is 8.58. The smallest absolute Gasteiger partial charge is 0.407 e. The predicted molar refractivity (Wildman–Crippen MR) is 222 cm³/mol. The number of nitrogens with one attached hydrogen (secondary N) is 2. The van der Waals surface area contributed by atoms with Crippen LogP contribution in [-0.2, 0) is 33.2 Å². The summed E-state index contributed by atoms with van der Waals surface area (Å²) in [5.74, 6) is 1.18. The first-order chi connectivity index (χ1) is 27.8. The molecule has 5 aromatic rings. The van der Waals surface area contributed by atoms with Gasteiger partial charge in [-0.05, 0) is 84.0 Å². The number of likely N-dealkylation sites (tertiary alicyclic amines) is 2. The third-order valence-electron chi connectivity index (χ3n) is 11.8. The minimum Gasteiger partial charge on any atom is -0.453 e. The zero-order valence-electron chi connectivity index (χ0n) is 34.6. The summed E-state index contributed by atoms with van der Waals surface area (Å²) < 4.78 is 13.8. The maximum absolute atomic E-state index is 13.7. The first-order valence-corrected chi connectivity index (χ1v) is 20.1. The molecule has 2 N–H and O–H groups in total. The van der Waals surface area contributed by atoms with Gasteiger partial charge in [0.2, 0.25) is 11.8 Å². The van der Waals surface area contributed by atoms with Crippen molar-refractivity contribution < 1.29 is 28.7 Å². The molecule has 2 aromatic heterocycles. The first-order valence-electron chi connectivity index (χ1n) is 20.1. The molecule has 2 aliphatic heterocycles. The van der Waals surface area contributed by atoms with E-state index in [0.717, 1.165) is 81.7 Å². The zero-order valence-corrected chi connectivity index (χ0v) is 34.6. The maximum atomic E-state index is 13.7. The highest BCUT2D eigenvalue weighted by molar-refractivity contribution is 5.89. The molecule has 0 aliphatic carbocycles.